The van der Waals surface area contributed by atoms with Crippen molar-refractivity contribution < 1.29 is 4.74 Å². The summed E-state index contributed by atoms with van der Waals surface area (Å²) in [7, 11) is 0. The molecule has 1 unspecified atom stereocenters. The topological polar surface area (TPSA) is 21.3 Å². The number of halogens is 1. The molecule has 2 nitrogen and oxygen atoms in total. The Hall–Kier alpha value is -1.19. The molecule has 2 aromatic rings. The Morgan fingerprint density at radius 1 is 1.29 bits per heavy atom. The van der Waals surface area contributed by atoms with Crippen molar-refractivity contribution in [3.05, 3.63) is 45.1 Å². The fraction of sp³-hybridized carbons (Fsp3) is 0.412. The van der Waals surface area contributed by atoms with E-state index in [0.717, 1.165) is 28.6 Å². The molecule has 3 rings (SSSR count). The van der Waals surface area contributed by atoms with Crippen LogP contribution in [-0.2, 0) is 6.42 Å². The van der Waals surface area contributed by atoms with Crippen LogP contribution in [0.1, 0.15) is 43.2 Å². The maximum Gasteiger partial charge on any atom is 0.119 e. The molecule has 0 spiro atoms. The standard InChI is InChI=1S/C17H20ClNOS/c1-11(2)20-13-8-6-12(7-9-13)19-15-4-3-5-16-14(15)10-17(18)21-16/h6-11,15,19H,3-5H2,1-2H3. The number of hydrogen-bond donors (Lipinski definition) is 1. The zero-order chi connectivity index (χ0) is 14.8. The molecule has 1 heterocycles. The molecule has 1 aliphatic rings. The number of benzene rings is 1. The highest BCUT2D eigenvalue weighted by atomic mass is 35.5. The molecule has 0 saturated carbocycles. The number of aryl methyl sites for hydroxylation is 1. The van der Waals surface area contributed by atoms with Gasteiger partial charge in [-0.1, -0.05) is 11.6 Å². The van der Waals surface area contributed by atoms with Crippen LogP contribution < -0.4 is 10.1 Å². The van der Waals surface area contributed by atoms with Crippen LogP contribution in [-0.4, -0.2) is 6.10 Å². The van der Waals surface area contributed by atoms with Gasteiger partial charge in [0.15, 0.2) is 0 Å². The lowest BCUT2D eigenvalue weighted by Gasteiger charge is -2.24. The maximum absolute atomic E-state index is 6.16. The van der Waals surface area contributed by atoms with Crippen molar-refractivity contribution in [3.63, 3.8) is 0 Å². The minimum Gasteiger partial charge on any atom is -0.491 e. The number of nitrogens with one attached hydrogen (secondary N) is 1. The first-order chi connectivity index (χ1) is 10.1. The summed E-state index contributed by atoms with van der Waals surface area (Å²) >= 11 is 7.88. The first-order valence-electron chi connectivity index (χ1n) is 7.43. The predicted octanol–water partition coefficient (Wildman–Crippen LogP) is 5.68. The lowest BCUT2D eigenvalue weighted by molar-refractivity contribution is 0.242. The van der Waals surface area contributed by atoms with Gasteiger partial charge in [-0.2, -0.15) is 0 Å². The monoisotopic (exact) mass is 321 g/mol. The molecule has 0 saturated heterocycles. The maximum atomic E-state index is 6.16. The number of fused-ring (bicyclic) bond motifs is 1. The zero-order valence-electron chi connectivity index (χ0n) is 12.4. The summed E-state index contributed by atoms with van der Waals surface area (Å²) in [4.78, 5) is 1.43. The molecule has 0 bridgehead atoms. The van der Waals surface area contributed by atoms with Crippen molar-refractivity contribution in [3.8, 4) is 5.75 Å². The number of thiophene rings is 1. The van der Waals surface area contributed by atoms with E-state index in [0.29, 0.717) is 6.04 Å². The van der Waals surface area contributed by atoms with E-state index in [4.69, 9.17) is 16.3 Å². The minimum atomic E-state index is 0.206. The number of rotatable bonds is 4. The average Bonchev–Trinajstić information content (AvgIpc) is 2.82. The summed E-state index contributed by atoms with van der Waals surface area (Å²) < 4.78 is 6.57. The van der Waals surface area contributed by atoms with Crippen LogP contribution in [0.3, 0.4) is 0 Å². The highest BCUT2D eigenvalue weighted by Crippen LogP contribution is 2.39. The molecular weight excluding hydrogens is 302 g/mol. The van der Waals surface area contributed by atoms with E-state index < -0.39 is 0 Å². The first kappa shape index (κ1) is 14.7. The second-order valence-electron chi connectivity index (χ2n) is 5.71. The summed E-state index contributed by atoms with van der Waals surface area (Å²) in [6, 6.07) is 10.7. The molecule has 0 fully saturated rings. The molecule has 112 valence electrons. The van der Waals surface area contributed by atoms with Crippen LogP contribution in [0.5, 0.6) is 5.75 Å². The lowest BCUT2D eigenvalue weighted by Crippen LogP contribution is -2.15. The fourth-order valence-electron chi connectivity index (χ4n) is 2.77. The van der Waals surface area contributed by atoms with E-state index in [9.17, 15) is 0 Å². The molecule has 21 heavy (non-hydrogen) atoms. The number of hydrogen-bond acceptors (Lipinski definition) is 3. The Bertz CT molecular complexity index is 606. The molecule has 1 aliphatic carbocycles. The van der Waals surface area contributed by atoms with Gasteiger partial charge < -0.3 is 10.1 Å². The van der Waals surface area contributed by atoms with Crippen LogP contribution in [0, 0.1) is 0 Å². The van der Waals surface area contributed by atoms with Gasteiger partial charge in [-0.3, -0.25) is 0 Å². The third-order valence-electron chi connectivity index (χ3n) is 3.65. The van der Waals surface area contributed by atoms with E-state index in [1.807, 2.05) is 26.0 Å². The Balaban J connectivity index is 1.72. The van der Waals surface area contributed by atoms with Crippen LogP contribution in [0.15, 0.2) is 30.3 Å². The Labute approximate surface area is 135 Å². The van der Waals surface area contributed by atoms with Gasteiger partial charge >= 0.3 is 0 Å². The lowest BCUT2D eigenvalue weighted by atomic mass is 9.94. The minimum absolute atomic E-state index is 0.206. The normalized spacial score (nSPS) is 17.6. The molecule has 0 aliphatic heterocycles. The van der Waals surface area contributed by atoms with Crippen LogP contribution in [0.25, 0.3) is 0 Å². The largest absolute Gasteiger partial charge is 0.491 e. The van der Waals surface area contributed by atoms with Crippen LogP contribution in [0.4, 0.5) is 5.69 Å². The summed E-state index contributed by atoms with van der Waals surface area (Å²) in [6.45, 7) is 4.08. The van der Waals surface area contributed by atoms with Crippen molar-refractivity contribution in [2.75, 3.05) is 5.32 Å². The molecule has 1 atom stereocenters. The van der Waals surface area contributed by atoms with Gasteiger partial charge in [0.05, 0.1) is 16.5 Å². The van der Waals surface area contributed by atoms with Crippen molar-refractivity contribution in [2.24, 2.45) is 0 Å². The molecule has 1 aromatic heterocycles. The van der Waals surface area contributed by atoms with Crippen molar-refractivity contribution in [2.45, 2.75) is 45.3 Å². The predicted molar refractivity (Wildman–Crippen MR) is 90.8 cm³/mol. The van der Waals surface area contributed by atoms with E-state index in [2.05, 4.69) is 23.5 Å². The highest BCUT2D eigenvalue weighted by Gasteiger charge is 2.22. The van der Waals surface area contributed by atoms with Crippen molar-refractivity contribution in [1.29, 1.82) is 0 Å². The molecule has 1 N–H and O–H groups in total. The first-order valence-corrected chi connectivity index (χ1v) is 8.62. The summed E-state index contributed by atoms with van der Waals surface area (Å²) in [5, 5.41) is 3.62. The van der Waals surface area contributed by atoms with Crippen molar-refractivity contribution >= 4 is 28.6 Å². The van der Waals surface area contributed by atoms with E-state index >= 15 is 0 Å². The Morgan fingerprint density at radius 3 is 2.76 bits per heavy atom. The summed E-state index contributed by atoms with van der Waals surface area (Å²) in [5.41, 5.74) is 2.50. The third-order valence-corrected chi connectivity index (χ3v) is 4.99. The third kappa shape index (κ3) is 3.53. The zero-order valence-corrected chi connectivity index (χ0v) is 13.9. The highest BCUT2D eigenvalue weighted by molar-refractivity contribution is 7.16. The Kier molecular flexibility index (Phi) is 4.41. The molecule has 4 heteroatoms. The van der Waals surface area contributed by atoms with Gasteiger partial charge in [0, 0.05) is 10.6 Å². The second kappa shape index (κ2) is 6.29. The van der Waals surface area contributed by atoms with Crippen LogP contribution >= 0.6 is 22.9 Å². The Morgan fingerprint density at radius 2 is 2.05 bits per heavy atom. The van der Waals surface area contributed by atoms with Gasteiger partial charge in [0.2, 0.25) is 0 Å². The summed E-state index contributed by atoms with van der Waals surface area (Å²) in [5.74, 6) is 0.915. The van der Waals surface area contributed by atoms with E-state index in [1.165, 1.54) is 16.9 Å². The fourth-order valence-corrected chi connectivity index (χ4v) is 4.16. The van der Waals surface area contributed by atoms with Gasteiger partial charge in [0.25, 0.3) is 0 Å². The van der Waals surface area contributed by atoms with E-state index in [1.54, 1.807) is 11.3 Å². The van der Waals surface area contributed by atoms with Gasteiger partial charge in [-0.05, 0) is 69.0 Å². The molecule has 0 amide bonds. The number of anilines is 1. The van der Waals surface area contributed by atoms with E-state index in [-0.39, 0.29) is 6.10 Å². The van der Waals surface area contributed by atoms with Gasteiger partial charge in [-0.15, -0.1) is 11.3 Å². The number of ether oxygens (including phenoxy) is 1. The molecular formula is C17H20ClNOS. The quantitative estimate of drug-likeness (QED) is 0.782. The average molecular weight is 322 g/mol. The van der Waals surface area contributed by atoms with Gasteiger partial charge in [-0.25, -0.2) is 0 Å². The molecule has 1 aromatic carbocycles. The smallest absolute Gasteiger partial charge is 0.119 e. The second-order valence-corrected chi connectivity index (χ2v) is 7.48. The van der Waals surface area contributed by atoms with Crippen molar-refractivity contribution in [1.82, 2.24) is 0 Å². The summed E-state index contributed by atoms with van der Waals surface area (Å²) in [6.07, 6.45) is 3.74. The molecule has 0 radical (unpaired) electrons. The van der Waals surface area contributed by atoms with Gasteiger partial charge in [0.1, 0.15) is 5.75 Å². The SMILES string of the molecule is CC(C)Oc1ccc(NC2CCCc3sc(Cl)cc32)cc1. The van der Waals surface area contributed by atoms with Crippen LogP contribution in [0.2, 0.25) is 4.34 Å².